The Bertz CT molecular complexity index is 304. The molecule has 5 heteroatoms. The van der Waals surface area contributed by atoms with Crippen LogP contribution in [0.1, 0.15) is 26.5 Å². The smallest absolute Gasteiger partial charge is 0.0880 e. The maximum atomic E-state index is 5.36. The lowest BCUT2D eigenvalue weighted by molar-refractivity contribution is 0.0652. The van der Waals surface area contributed by atoms with Crippen LogP contribution in [0.2, 0.25) is 0 Å². The molecular weight excluding hydrogens is 206 g/mol. The van der Waals surface area contributed by atoms with E-state index in [1.54, 1.807) is 7.11 Å². The van der Waals surface area contributed by atoms with Gasteiger partial charge in [0.15, 0.2) is 0 Å². The maximum absolute atomic E-state index is 5.36. The zero-order valence-corrected chi connectivity index (χ0v) is 10.6. The standard InChI is InChI=1S/C11H21N3O2/c1-11(2,3)10-9-14(13-12-10)5-6-16-8-7-15-4/h9H,5-8H2,1-4H3. The Morgan fingerprint density at radius 3 is 2.56 bits per heavy atom. The quantitative estimate of drug-likeness (QED) is 0.686. The maximum Gasteiger partial charge on any atom is 0.0880 e. The fourth-order valence-electron chi connectivity index (χ4n) is 1.15. The SMILES string of the molecule is COCCOCCn1cc(C(C)(C)C)nn1. The second kappa shape index (κ2) is 5.96. The Morgan fingerprint density at radius 1 is 1.25 bits per heavy atom. The molecule has 0 bridgehead atoms. The second-order valence-corrected chi connectivity index (χ2v) is 4.72. The third-order valence-electron chi connectivity index (χ3n) is 2.20. The van der Waals surface area contributed by atoms with E-state index < -0.39 is 0 Å². The average Bonchev–Trinajstić information content (AvgIpc) is 2.65. The molecule has 0 atom stereocenters. The molecule has 0 saturated carbocycles. The normalized spacial score (nSPS) is 12.0. The zero-order valence-electron chi connectivity index (χ0n) is 10.6. The number of hydrogen-bond acceptors (Lipinski definition) is 4. The van der Waals surface area contributed by atoms with Gasteiger partial charge in [0.25, 0.3) is 0 Å². The Kier molecular flexibility index (Phi) is 4.89. The lowest BCUT2D eigenvalue weighted by Crippen LogP contribution is -2.12. The van der Waals surface area contributed by atoms with E-state index in [0.29, 0.717) is 19.8 Å². The van der Waals surface area contributed by atoms with Gasteiger partial charge in [0.2, 0.25) is 0 Å². The van der Waals surface area contributed by atoms with Gasteiger partial charge >= 0.3 is 0 Å². The van der Waals surface area contributed by atoms with E-state index in [1.807, 2.05) is 10.9 Å². The molecule has 0 aliphatic heterocycles. The molecule has 1 aromatic heterocycles. The van der Waals surface area contributed by atoms with Crippen molar-refractivity contribution in [3.8, 4) is 0 Å². The Labute approximate surface area is 96.7 Å². The first-order valence-corrected chi connectivity index (χ1v) is 5.51. The first-order valence-electron chi connectivity index (χ1n) is 5.51. The van der Waals surface area contributed by atoms with Gasteiger partial charge < -0.3 is 9.47 Å². The van der Waals surface area contributed by atoms with E-state index in [1.165, 1.54) is 0 Å². The van der Waals surface area contributed by atoms with Crippen LogP contribution in [0.25, 0.3) is 0 Å². The molecule has 0 saturated heterocycles. The molecule has 0 N–H and O–H groups in total. The van der Waals surface area contributed by atoms with Crippen molar-refractivity contribution in [1.29, 1.82) is 0 Å². The highest BCUT2D eigenvalue weighted by molar-refractivity contribution is 5.06. The molecule has 0 aliphatic rings. The van der Waals surface area contributed by atoms with Gasteiger partial charge in [0, 0.05) is 18.7 Å². The van der Waals surface area contributed by atoms with E-state index >= 15 is 0 Å². The van der Waals surface area contributed by atoms with Crippen molar-refractivity contribution in [2.45, 2.75) is 32.7 Å². The van der Waals surface area contributed by atoms with Crippen molar-refractivity contribution in [3.63, 3.8) is 0 Å². The van der Waals surface area contributed by atoms with E-state index in [9.17, 15) is 0 Å². The third-order valence-corrected chi connectivity index (χ3v) is 2.20. The van der Waals surface area contributed by atoms with Gasteiger partial charge in [-0.1, -0.05) is 26.0 Å². The molecule has 5 nitrogen and oxygen atoms in total. The highest BCUT2D eigenvalue weighted by Crippen LogP contribution is 2.18. The van der Waals surface area contributed by atoms with Crippen LogP contribution >= 0.6 is 0 Å². The number of nitrogens with zero attached hydrogens (tertiary/aromatic N) is 3. The monoisotopic (exact) mass is 227 g/mol. The fraction of sp³-hybridized carbons (Fsp3) is 0.818. The number of rotatable bonds is 6. The molecular formula is C11H21N3O2. The Morgan fingerprint density at radius 2 is 2.00 bits per heavy atom. The molecule has 1 rings (SSSR count). The van der Waals surface area contributed by atoms with Crippen molar-refractivity contribution in [2.75, 3.05) is 26.9 Å². The number of ether oxygens (including phenoxy) is 2. The first-order chi connectivity index (χ1) is 7.54. The predicted octanol–water partition coefficient (Wildman–Crippen LogP) is 1.24. The van der Waals surface area contributed by atoms with Gasteiger partial charge in [0.05, 0.1) is 32.1 Å². The molecule has 0 radical (unpaired) electrons. The minimum atomic E-state index is 0.0508. The van der Waals surface area contributed by atoms with Crippen LogP contribution in [-0.4, -0.2) is 41.9 Å². The summed E-state index contributed by atoms with van der Waals surface area (Å²) in [6, 6.07) is 0. The molecule has 0 fully saturated rings. The van der Waals surface area contributed by atoms with Gasteiger partial charge in [-0.05, 0) is 0 Å². The molecule has 92 valence electrons. The van der Waals surface area contributed by atoms with Crippen LogP contribution in [0.3, 0.4) is 0 Å². The topological polar surface area (TPSA) is 49.2 Å². The minimum Gasteiger partial charge on any atom is -0.382 e. The summed E-state index contributed by atoms with van der Waals surface area (Å²) in [5.41, 5.74) is 1.05. The van der Waals surface area contributed by atoms with Crippen molar-refractivity contribution < 1.29 is 9.47 Å². The van der Waals surface area contributed by atoms with Crippen LogP contribution in [-0.2, 0) is 21.4 Å². The summed E-state index contributed by atoms with van der Waals surface area (Å²) in [4.78, 5) is 0. The molecule has 0 aliphatic carbocycles. The predicted molar refractivity (Wildman–Crippen MR) is 61.4 cm³/mol. The number of hydrogen-bond donors (Lipinski definition) is 0. The Hall–Kier alpha value is -0.940. The largest absolute Gasteiger partial charge is 0.382 e. The average molecular weight is 227 g/mol. The van der Waals surface area contributed by atoms with E-state index in [4.69, 9.17) is 9.47 Å². The van der Waals surface area contributed by atoms with Gasteiger partial charge in [-0.2, -0.15) is 0 Å². The Balaban J connectivity index is 2.30. The highest BCUT2D eigenvalue weighted by atomic mass is 16.5. The first kappa shape index (κ1) is 13.1. The summed E-state index contributed by atoms with van der Waals surface area (Å²) in [6.45, 7) is 8.98. The third kappa shape index (κ3) is 4.28. The van der Waals surface area contributed by atoms with Gasteiger partial charge in [-0.15, -0.1) is 5.10 Å². The van der Waals surface area contributed by atoms with Crippen molar-refractivity contribution >= 4 is 0 Å². The van der Waals surface area contributed by atoms with E-state index in [0.717, 1.165) is 12.2 Å². The van der Waals surface area contributed by atoms with Crippen LogP contribution in [0.5, 0.6) is 0 Å². The summed E-state index contributed by atoms with van der Waals surface area (Å²) < 4.78 is 12.1. The van der Waals surface area contributed by atoms with E-state index in [2.05, 4.69) is 31.1 Å². The summed E-state index contributed by atoms with van der Waals surface area (Å²) in [6.07, 6.45) is 1.97. The molecule has 1 heterocycles. The van der Waals surface area contributed by atoms with Crippen LogP contribution in [0, 0.1) is 0 Å². The highest BCUT2D eigenvalue weighted by Gasteiger charge is 2.17. The summed E-state index contributed by atoms with van der Waals surface area (Å²) in [5, 5.41) is 8.19. The van der Waals surface area contributed by atoms with Crippen LogP contribution in [0.15, 0.2) is 6.20 Å². The van der Waals surface area contributed by atoms with Gasteiger partial charge in [-0.25, -0.2) is 4.68 Å². The number of methoxy groups -OCH3 is 1. The van der Waals surface area contributed by atoms with E-state index in [-0.39, 0.29) is 5.41 Å². The lowest BCUT2D eigenvalue weighted by Gasteiger charge is -2.12. The van der Waals surface area contributed by atoms with Crippen molar-refractivity contribution in [2.24, 2.45) is 0 Å². The molecule has 16 heavy (non-hydrogen) atoms. The fourth-order valence-corrected chi connectivity index (χ4v) is 1.15. The number of aromatic nitrogens is 3. The van der Waals surface area contributed by atoms with Crippen LogP contribution < -0.4 is 0 Å². The molecule has 0 amide bonds. The zero-order chi connectivity index (χ0) is 12.0. The van der Waals surface area contributed by atoms with Crippen molar-refractivity contribution in [3.05, 3.63) is 11.9 Å². The second-order valence-electron chi connectivity index (χ2n) is 4.72. The summed E-state index contributed by atoms with van der Waals surface area (Å²) >= 11 is 0. The molecule has 0 unspecified atom stereocenters. The summed E-state index contributed by atoms with van der Waals surface area (Å²) in [5.74, 6) is 0. The summed E-state index contributed by atoms with van der Waals surface area (Å²) in [7, 11) is 1.66. The molecule has 0 aromatic carbocycles. The van der Waals surface area contributed by atoms with Gasteiger partial charge in [-0.3, -0.25) is 0 Å². The molecule has 0 spiro atoms. The molecule has 1 aromatic rings. The van der Waals surface area contributed by atoms with Crippen molar-refractivity contribution in [1.82, 2.24) is 15.0 Å². The lowest BCUT2D eigenvalue weighted by atomic mass is 9.93. The minimum absolute atomic E-state index is 0.0508. The van der Waals surface area contributed by atoms with Gasteiger partial charge in [0.1, 0.15) is 0 Å². The van der Waals surface area contributed by atoms with Crippen LogP contribution in [0.4, 0.5) is 0 Å².